The predicted octanol–water partition coefficient (Wildman–Crippen LogP) is 3.14. The molecule has 0 aliphatic carbocycles. The van der Waals surface area contributed by atoms with Gasteiger partial charge in [-0.3, -0.25) is 4.79 Å². The van der Waals surface area contributed by atoms with Gasteiger partial charge in [-0.25, -0.2) is 12.4 Å². The van der Waals surface area contributed by atoms with Crippen LogP contribution >= 0.6 is 0 Å². The lowest BCUT2D eigenvalue weighted by atomic mass is 10.0. The number of hydrogen-bond acceptors (Lipinski definition) is 4. The summed E-state index contributed by atoms with van der Waals surface area (Å²) in [5.41, 5.74) is 3.51. The molecule has 1 aliphatic rings. The summed E-state index contributed by atoms with van der Waals surface area (Å²) in [5, 5.41) is 0.820. The van der Waals surface area contributed by atoms with E-state index in [1.807, 2.05) is 26.1 Å². The number of fused-ring (bicyclic) bond motifs is 3. The smallest absolute Gasteiger partial charge is 0.268 e. The number of aryl methyl sites for hydroxylation is 1. The summed E-state index contributed by atoms with van der Waals surface area (Å²) in [6.07, 6.45) is 2.43. The van der Waals surface area contributed by atoms with E-state index in [-0.39, 0.29) is 10.7 Å². The lowest BCUT2D eigenvalue weighted by Gasteiger charge is -2.19. The fourth-order valence-corrected chi connectivity index (χ4v) is 4.86. The molecule has 0 saturated heterocycles. The Morgan fingerprint density at radius 1 is 1.00 bits per heavy atom. The van der Waals surface area contributed by atoms with E-state index < -0.39 is 10.0 Å². The number of carbonyl (C=O) groups excluding carboxylic acids is 1. The summed E-state index contributed by atoms with van der Waals surface area (Å²) in [7, 11) is -1.72. The van der Waals surface area contributed by atoms with Crippen LogP contribution in [0.2, 0.25) is 0 Å². The first-order valence-electron chi connectivity index (χ1n) is 8.56. The van der Waals surface area contributed by atoms with Gasteiger partial charge in [0.1, 0.15) is 5.78 Å². The summed E-state index contributed by atoms with van der Waals surface area (Å²) in [4.78, 5) is 14.5. The molecule has 5 nitrogen and oxygen atoms in total. The highest BCUT2D eigenvalue weighted by atomic mass is 32.2. The van der Waals surface area contributed by atoms with Crippen LogP contribution in [0.4, 0.5) is 5.69 Å². The average molecular weight is 368 g/mol. The lowest BCUT2D eigenvalue weighted by molar-refractivity contribution is -0.118. The third-order valence-electron chi connectivity index (χ3n) is 5.01. The van der Waals surface area contributed by atoms with E-state index in [4.69, 9.17) is 0 Å². The second kappa shape index (κ2) is 5.99. The number of hydrogen-bond donors (Lipinski definition) is 0. The monoisotopic (exact) mass is 368 g/mol. The van der Waals surface area contributed by atoms with Crippen molar-refractivity contribution in [2.45, 2.75) is 24.7 Å². The summed E-state index contributed by atoms with van der Waals surface area (Å²) < 4.78 is 27.4. The Hall–Kier alpha value is -2.60. The topological polar surface area (TPSA) is 59.4 Å². The second-order valence-electron chi connectivity index (χ2n) is 6.81. The molecule has 0 atom stereocenters. The van der Waals surface area contributed by atoms with Crippen molar-refractivity contribution in [3.8, 4) is 0 Å². The van der Waals surface area contributed by atoms with E-state index in [1.165, 1.54) is 3.97 Å². The van der Waals surface area contributed by atoms with E-state index in [2.05, 4.69) is 4.90 Å². The number of benzene rings is 2. The molecule has 1 aromatic heterocycles. The van der Waals surface area contributed by atoms with Gasteiger partial charge >= 0.3 is 0 Å². The molecule has 3 aromatic rings. The van der Waals surface area contributed by atoms with Crippen LogP contribution < -0.4 is 4.90 Å². The molecule has 0 N–H and O–H groups in total. The Morgan fingerprint density at radius 3 is 2.46 bits per heavy atom. The number of Topliss-reactive ketones (excluding diaryl/α,β-unsaturated/α-hetero) is 1. The quantitative estimate of drug-likeness (QED) is 0.697. The first kappa shape index (κ1) is 16.8. The number of ketones is 1. The van der Waals surface area contributed by atoms with Crippen LogP contribution in [-0.4, -0.2) is 31.8 Å². The number of aromatic nitrogens is 1. The van der Waals surface area contributed by atoms with Crippen LogP contribution in [0.25, 0.3) is 10.9 Å². The number of anilines is 1. The molecule has 1 aliphatic heterocycles. The molecule has 0 spiro atoms. The van der Waals surface area contributed by atoms with Gasteiger partial charge in [-0.05, 0) is 42.8 Å². The van der Waals surface area contributed by atoms with E-state index in [9.17, 15) is 13.2 Å². The fraction of sp³-hybridized carbons (Fsp3) is 0.250. The van der Waals surface area contributed by atoms with Crippen molar-refractivity contribution in [1.29, 1.82) is 0 Å². The maximum absolute atomic E-state index is 13.1. The van der Waals surface area contributed by atoms with Gasteiger partial charge < -0.3 is 4.90 Å². The second-order valence-corrected chi connectivity index (χ2v) is 8.63. The van der Waals surface area contributed by atoms with Gasteiger partial charge in [0, 0.05) is 43.7 Å². The first-order chi connectivity index (χ1) is 12.4. The molecule has 0 amide bonds. The van der Waals surface area contributed by atoms with Crippen LogP contribution in [0, 0.1) is 6.92 Å². The number of carbonyl (C=O) groups is 1. The summed E-state index contributed by atoms with van der Waals surface area (Å²) >= 11 is 0. The van der Waals surface area contributed by atoms with Crippen molar-refractivity contribution in [3.63, 3.8) is 0 Å². The Bertz CT molecular complexity index is 1110. The van der Waals surface area contributed by atoms with Gasteiger partial charge in [-0.1, -0.05) is 17.7 Å². The van der Waals surface area contributed by atoms with Crippen molar-refractivity contribution < 1.29 is 13.2 Å². The van der Waals surface area contributed by atoms with Crippen molar-refractivity contribution >= 4 is 32.4 Å². The minimum absolute atomic E-state index is 0.178. The maximum Gasteiger partial charge on any atom is 0.268 e. The Kier molecular flexibility index (Phi) is 3.88. The molecule has 0 bridgehead atoms. The molecule has 4 rings (SSSR count). The molecule has 2 heterocycles. The van der Waals surface area contributed by atoms with Gasteiger partial charge in [0.25, 0.3) is 10.0 Å². The zero-order chi connectivity index (χ0) is 18.5. The SMILES string of the molecule is Cc1ccc(S(=O)(=O)n2ccc3c4c(ccc32)N(C)CCC(=O)C4)cc1. The van der Waals surface area contributed by atoms with E-state index in [1.54, 1.807) is 36.5 Å². The van der Waals surface area contributed by atoms with Crippen molar-refractivity contribution in [1.82, 2.24) is 3.97 Å². The van der Waals surface area contributed by atoms with Crippen molar-refractivity contribution in [2.75, 3.05) is 18.5 Å². The number of rotatable bonds is 2. The highest BCUT2D eigenvalue weighted by Gasteiger charge is 2.24. The third-order valence-corrected chi connectivity index (χ3v) is 6.72. The van der Waals surface area contributed by atoms with Crippen LogP contribution in [-0.2, 0) is 21.2 Å². The standard InChI is InChI=1S/C20H20N2O3S/c1-14-3-5-16(6-4-14)26(24,25)22-12-10-17-18-13-15(23)9-11-21(2)19(18)7-8-20(17)22/h3-8,10,12H,9,11,13H2,1-2H3. The van der Waals surface area contributed by atoms with Gasteiger partial charge in [0.15, 0.2) is 0 Å². The molecule has 134 valence electrons. The van der Waals surface area contributed by atoms with Gasteiger partial charge in [0.05, 0.1) is 10.4 Å². The van der Waals surface area contributed by atoms with Crippen LogP contribution in [0.15, 0.2) is 53.6 Å². The fourth-order valence-electron chi connectivity index (χ4n) is 3.52. The zero-order valence-electron chi connectivity index (χ0n) is 14.8. The molecule has 0 saturated carbocycles. The lowest BCUT2D eigenvalue weighted by Crippen LogP contribution is -2.18. The maximum atomic E-state index is 13.1. The molecule has 2 aromatic carbocycles. The highest BCUT2D eigenvalue weighted by Crippen LogP contribution is 2.33. The summed E-state index contributed by atoms with van der Waals surface area (Å²) in [5.74, 6) is 0.178. The Balaban J connectivity index is 1.91. The third kappa shape index (κ3) is 2.61. The van der Waals surface area contributed by atoms with Crippen LogP contribution in [0.3, 0.4) is 0 Å². The first-order valence-corrected chi connectivity index (χ1v) is 10.00. The number of nitrogens with zero attached hydrogens (tertiary/aromatic N) is 2. The van der Waals surface area contributed by atoms with Crippen LogP contribution in [0.5, 0.6) is 0 Å². The molecular weight excluding hydrogens is 348 g/mol. The molecule has 0 unspecified atom stereocenters. The Morgan fingerprint density at radius 2 is 1.73 bits per heavy atom. The van der Waals surface area contributed by atoms with Crippen LogP contribution in [0.1, 0.15) is 17.5 Å². The summed E-state index contributed by atoms with van der Waals surface area (Å²) in [6.45, 7) is 2.60. The highest BCUT2D eigenvalue weighted by molar-refractivity contribution is 7.90. The predicted molar refractivity (Wildman–Crippen MR) is 102 cm³/mol. The molecule has 26 heavy (non-hydrogen) atoms. The largest absolute Gasteiger partial charge is 0.374 e. The average Bonchev–Trinajstić information content (AvgIpc) is 2.99. The molecule has 0 fully saturated rings. The van der Waals surface area contributed by atoms with Gasteiger partial charge in [-0.15, -0.1) is 0 Å². The molecule has 0 radical (unpaired) electrons. The van der Waals surface area contributed by atoms with E-state index in [0.29, 0.717) is 24.9 Å². The zero-order valence-corrected chi connectivity index (χ0v) is 15.6. The van der Waals surface area contributed by atoms with Crippen molar-refractivity contribution in [2.24, 2.45) is 0 Å². The van der Waals surface area contributed by atoms with Crippen molar-refractivity contribution in [3.05, 3.63) is 59.8 Å². The Labute approximate surface area is 152 Å². The van der Waals surface area contributed by atoms with Gasteiger partial charge in [0.2, 0.25) is 0 Å². The molecular formula is C20H20N2O3S. The van der Waals surface area contributed by atoms with E-state index >= 15 is 0 Å². The minimum Gasteiger partial charge on any atom is -0.374 e. The normalized spacial score (nSPS) is 15.2. The minimum atomic E-state index is -3.68. The van der Waals surface area contributed by atoms with E-state index in [0.717, 1.165) is 22.2 Å². The summed E-state index contributed by atoms with van der Waals surface area (Å²) in [6, 6.07) is 12.4. The molecule has 6 heteroatoms. The van der Waals surface area contributed by atoms with Gasteiger partial charge in [-0.2, -0.15) is 0 Å².